The number of hydrogen-bond donors (Lipinski definition) is 0. The van der Waals surface area contributed by atoms with Crippen LogP contribution >= 0.6 is 11.8 Å². The molecule has 0 aromatic rings. The Morgan fingerprint density at radius 1 is 1.12 bits per heavy atom. The van der Waals surface area contributed by atoms with Crippen LogP contribution in [0.1, 0.15) is 44.9 Å². The van der Waals surface area contributed by atoms with Gasteiger partial charge in [0.1, 0.15) is 0 Å². The third-order valence-corrected chi connectivity index (χ3v) is 3.88. The average molecular weight is 251 g/mol. The SMILES string of the molecule is N#CC1(CCSC(F)(F)F)CCCCCC1. The van der Waals surface area contributed by atoms with Crippen LogP contribution in [0.15, 0.2) is 0 Å². The van der Waals surface area contributed by atoms with Crippen LogP contribution in [0, 0.1) is 16.7 Å². The lowest BCUT2D eigenvalue weighted by Gasteiger charge is -2.24. The van der Waals surface area contributed by atoms with Crippen molar-refractivity contribution in [1.82, 2.24) is 0 Å². The Morgan fingerprint density at radius 3 is 2.12 bits per heavy atom. The van der Waals surface area contributed by atoms with Crippen LogP contribution < -0.4 is 0 Å². The first-order chi connectivity index (χ1) is 7.47. The summed E-state index contributed by atoms with van der Waals surface area (Å²) in [5.41, 5.74) is -4.66. The minimum Gasteiger partial charge on any atom is -0.198 e. The second-order valence-electron chi connectivity index (χ2n) is 4.35. The molecule has 0 spiro atoms. The first-order valence-electron chi connectivity index (χ1n) is 5.59. The number of hydrogen-bond acceptors (Lipinski definition) is 2. The molecule has 0 atom stereocenters. The second kappa shape index (κ2) is 5.81. The van der Waals surface area contributed by atoms with Gasteiger partial charge in [-0.15, -0.1) is 0 Å². The van der Waals surface area contributed by atoms with Crippen molar-refractivity contribution in [3.63, 3.8) is 0 Å². The molecule has 0 aromatic carbocycles. The summed E-state index contributed by atoms with van der Waals surface area (Å²) in [7, 11) is 0. The zero-order valence-corrected chi connectivity index (χ0v) is 9.96. The van der Waals surface area contributed by atoms with E-state index >= 15 is 0 Å². The van der Waals surface area contributed by atoms with E-state index in [-0.39, 0.29) is 17.5 Å². The first-order valence-corrected chi connectivity index (χ1v) is 6.58. The molecule has 0 saturated heterocycles. The van der Waals surface area contributed by atoms with E-state index in [2.05, 4.69) is 6.07 Å². The van der Waals surface area contributed by atoms with Crippen LogP contribution in [-0.2, 0) is 0 Å². The van der Waals surface area contributed by atoms with E-state index in [1.165, 1.54) is 0 Å². The van der Waals surface area contributed by atoms with E-state index in [1.807, 2.05) is 0 Å². The summed E-state index contributed by atoms with van der Waals surface area (Å²) in [6.45, 7) is 0. The van der Waals surface area contributed by atoms with Crippen molar-refractivity contribution in [2.75, 3.05) is 5.75 Å². The maximum atomic E-state index is 12.0. The Morgan fingerprint density at radius 2 is 1.69 bits per heavy atom. The lowest BCUT2D eigenvalue weighted by atomic mass is 9.79. The molecule has 0 radical (unpaired) electrons. The fourth-order valence-electron chi connectivity index (χ4n) is 2.19. The van der Waals surface area contributed by atoms with Crippen molar-refractivity contribution in [3.8, 4) is 6.07 Å². The van der Waals surface area contributed by atoms with E-state index in [1.54, 1.807) is 0 Å². The minimum atomic E-state index is -4.17. The molecule has 1 saturated carbocycles. The quantitative estimate of drug-likeness (QED) is 0.690. The number of alkyl halides is 3. The molecule has 0 aromatic heterocycles. The molecule has 1 nitrogen and oxygen atoms in total. The Balaban J connectivity index is 2.44. The fraction of sp³-hybridized carbons (Fsp3) is 0.909. The van der Waals surface area contributed by atoms with Gasteiger partial charge in [0.15, 0.2) is 0 Å². The molecular weight excluding hydrogens is 235 g/mol. The van der Waals surface area contributed by atoms with Gasteiger partial charge < -0.3 is 0 Å². The van der Waals surface area contributed by atoms with E-state index in [9.17, 15) is 13.2 Å². The summed E-state index contributed by atoms with van der Waals surface area (Å²) in [4.78, 5) is 0. The highest BCUT2D eigenvalue weighted by atomic mass is 32.2. The van der Waals surface area contributed by atoms with Crippen molar-refractivity contribution in [1.29, 1.82) is 5.26 Å². The number of halogens is 3. The molecule has 0 bridgehead atoms. The normalized spacial score (nSPS) is 21.1. The molecular formula is C11H16F3NS. The van der Waals surface area contributed by atoms with Crippen LogP contribution in [0.4, 0.5) is 13.2 Å². The molecule has 16 heavy (non-hydrogen) atoms. The molecule has 1 fully saturated rings. The van der Waals surface area contributed by atoms with Crippen LogP contribution in [0.5, 0.6) is 0 Å². The second-order valence-corrected chi connectivity index (χ2v) is 5.51. The van der Waals surface area contributed by atoms with Crippen molar-refractivity contribution in [2.24, 2.45) is 5.41 Å². The van der Waals surface area contributed by atoms with Gasteiger partial charge in [-0.1, -0.05) is 37.4 Å². The van der Waals surface area contributed by atoms with Crippen molar-refractivity contribution in [3.05, 3.63) is 0 Å². The summed E-state index contributed by atoms with van der Waals surface area (Å²) in [6, 6.07) is 2.26. The Labute approximate surface area is 98.4 Å². The number of nitrogens with zero attached hydrogens (tertiary/aromatic N) is 1. The van der Waals surface area contributed by atoms with Gasteiger partial charge in [-0.2, -0.15) is 18.4 Å². The van der Waals surface area contributed by atoms with Crippen molar-refractivity contribution < 1.29 is 13.2 Å². The van der Waals surface area contributed by atoms with Crippen LogP contribution in [0.2, 0.25) is 0 Å². The standard InChI is InChI=1S/C11H16F3NS/c12-11(13,14)16-8-7-10(9-15)5-3-1-2-4-6-10/h1-8H2. The maximum absolute atomic E-state index is 12.0. The third kappa shape index (κ3) is 4.65. The van der Waals surface area contributed by atoms with Gasteiger partial charge in [-0.25, -0.2) is 0 Å². The molecule has 0 aliphatic heterocycles. The predicted octanol–water partition coefficient (Wildman–Crippen LogP) is 4.49. The van der Waals surface area contributed by atoms with Crippen LogP contribution in [0.3, 0.4) is 0 Å². The summed E-state index contributed by atoms with van der Waals surface area (Å²) >= 11 is -0.00318. The molecule has 0 N–H and O–H groups in total. The first kappa shape index (κ1) is 13.7. The largest absolute Gasteiger partial charge is 0.441 e. The van der Waals surface area contributed by atoms with Gasteiger partial charge in [-0.05, 0) is 19.3 Å². The van der Waals surface area contributed by atoms with Crippen LogP contribution in [-0.4, -0.2) is 11.3 Å². The van der Waals surface area contributed by atoms with Crippen molar-refractivity contribution >= 4 is 11.8 Å². The topological polar surface area (TPSA) is 23.8 Å². The smallest absolute Gasteiger partial charge is 0.198 e. The molecule has 0 unspecified atom stereocenters. The average Bonchev–Trinajstić information content (AvgIpc) is 2.42. The highest BCUT2D eigenvalue weighted by molar-refractivity contribution is 8.00. The van der Waals surface area contributed by atoms with E-state index in [4.69, 9.17) is 5.26 Å². The molecule has 5 heteroatoms. The minimum absolute atomic E-state index is 0.00318. The van der Waals surface area contributed by atoms with Gasteiger partial charge in [-0.3, -0.25) is 0 Å². The fourth-order valence-corrected chi connectivity index (χ4v) is 2.91. The summed E-state index contributed by atoms with van der Waals surface area (Å²) in [5, 5.41) is 9.16. The number of rotatable bonds is 3. The molecule has 1 rings (SSSR count). The molecule has 1 aliphatic carbocycles. The summed E-state index contributed by atoms with van der Waals surface area (Å²) in [6.07, 6.45) is 6.07. The molecule has 0 heterocycles. The summed E-state index contributed by atoms with van der Waals surface area (Å²) in [5.74, 6) is 0.0110. The third-order valence-electron chi connectivity index (χ3n) is 3.14. The van der Waals surface area contributed by atoms with Gasteiger partial charge >= 0.3 is 5.51 Å². The Kier molecular flexibility index (Phi) is 4.97. The Hall–Kier alpha value is -0.370. The van der Waals surface area contributed by atoms with E-state index < -0.39 is 10.9 Å². The molecule has 92 valence electrons. The lowest BCUT2D eigenvalue weighted by molar-refractivity contribution is -0.0328. The van der Waals surface area contributed by atoms with Gasteiger partial charge in [0.25, 0.3) is 0 Å². The molecule has 0 amide bonds. The zero-order valence-electron chi connectivity index (χ0n) is 9.15. The van der Waals surface area contributed by atoms with Crippen molar-refractivity contribution in [2.45, 2.75) is 50.5 Å². The Bertz CT molecular complexity index is 249. The van der Waals surface area contributed by atoms with E-state index in [0.717, 1.165) is 38.5 Å². The van der Waals surface area contributed by atoms with Gasteiger partial charge in [0.2, 0.25) is 0 Å². The lowest BCUT2D eigenvalue weighted by Crippen LogP contribution is -2.19. The highest BCUT2D eigenvalue weighted by Crippen LogP contribution is 2.40. The predicted molar refractivity (Wildman–Crippen MR) is 58.9 cm³/mol. The van der Waals surface area contributed by atoms with Gasteiger partial charge in [0.05, 0.1) is 11.5 Å². The van der Waals surface area contributed by atoms with Gasteiger partial charge in [0, 0.05) is 5.75 Å². The summed E-state index contributed by atoms with van der Waals surface area (Å²) < 4.78 is 36.0. The van der Waals surface area contributed by atoms with Crippen LogP contribution in [0.25, 0.3) is 0 Å². The highest BCUT2D eigenvalue weighted by Gasteiger charge is 2.34. The maximum Gasteiger partial charge on any atom is 0.441 e. The van der Waals surface area contributed by atoms with E-state index in [0.29, 0.717) is 6.42 Å². The monoisotopic (exact) mass is 251 g/mol. The zero-order chi connectivity index (χ0) is 12.1. The number of nitriles is 1. The molecule has 1 aliphatic rings. The number of thioether (sulfide) groups is 1.